The molecule has 0 saturated carbocycles. The van der Waals surface area contributed by atoms with Crippen molar-refractivity contribution in [2.75, 3.05) is 19.0 Å². The van der Waals surface area contributed by atoms with E-state index in [1.807, 2.05) is 19.1 Å². The highest BCUT2D eigenvalue weighted by Gasteiger charge is 2.21. The molecule has 1 unspecified atom stereocenters. The van der Waals surface area contributed by atoms with Gasteiger partial charge in [0.05, 0.1) is 12.8 Å². The second kappa shape index (κ2) is 6.53. The van der Waals surface area contributed by atoms with Crippen molar-refractivity contribution in [2.45, 2.75) is 38.8 Å². The lowest BCUT2D eigenvalue weighted by atomic mass is 10.0. The van der Waals surface area contributed by atoms with Gasteiger partial charge in [0.2, 0.25) is 0 Å². The Morgan fingerprint density at radius 1 is 1.44 bits per heavy atom. The van der Waals surface area contributed by atoms with Crippen LogP contribution in [0, 0.1) is 6.92 Å². The minimum atomic E-state index is 0.645. The van der Waals surface area contributed by atoms with Crippen LogP contribution in [-0.2, 0) is 6.54 Å². The summed E-state index contributed by atoms with van der Waals surface area (Å²) in [6, 6.07) is 4.67. The normalized spacial score (nSPS) is 20.9. The van der Waals surface area contributed by atoms with Crippen LogP contribution in [0.25, 0.3) is 0 Å². The molecule has 0 amide bonds. The summed E-state index contributed by atoms with van der Waals surface area (Å²) in [5.41, 5.74) is 2.14. The zero-order chi connectivity index (χ0) is 13.0. The van der Waals surface area contributed by atoms with Crippen LogP contribution in [0.3, 0.4) is 0 Å². The van der Waals surface area contributed by atoms with Gasteiger partial charge >= 0.3 is 0 Å². The summed E-state index contributed by atoms with van der Waals surface area (Å²) in [6.45, 7) is 4.12. The zero-order valence-corrected chi connectivity index (χ0v) is 12.7. The predicted octanol–water partition coefficient (Wildman–Crippen LogP) is 3.15. The van der Waals surface area contributed by atoms with E-state index >= 15 is 0 Å². The Morgan fingerprint density at radius 3 is 3.00 bits per heavy atom. The smallest absolute Gasteiger partial charge is 0.122 e. The Balaban J connectivity index is 2.09. The lowest BCUT2D eigenvalue weighted by molar-refractivity contribution is 0.154. The average molecular weight is 313 g/mol. The number of hydrogen-bond acceptors (Lipinski definition) is 3. The number of aromatic nitrogens is 1. The van der Waals surface area contributed by atoms with Gasteiger partial charge in [-0.2, -0.15) is 0 Å². The Labute approximate surface area is 118 Å². The van der Waals surface area contributed by atoms with Crippen LogP contribution in [0.4, 0.5) is 0 Å². The van der Waals surface area contributed by atoms with E-state index in [-0.39, 0.29) is 0 Å². The van der Waals surface area contributed by atoms with E-state index in [1.165, 1.54) is 25.8 Å². The summed E-state index contributed by atoms with van der Waals surface area (Å²) in [5.74, 6) is 0.907. The minimum absolute atomic E-state index is 0.645. The molecule has 1 saturated heterocycles. The summed E-state index contributed by atoms with van der Waals surface area (Å²) in [4.78, 5) is 7.13. The van der Waals surface area contributed by atoms with Crippen molar-refractivity contribution in [3.05, 3.63) is 23.5 Å². The molecule has 0 radical (unpaired) electrons. The van der Waals surface area contributed by atoms with Crippen molar-refractivity contribution < 1.29 is 4.74 Å². The van der Waals surface area contributed by atoms with Gasteiger partial charge in [0.1, 0.15) is 5.75 Å². The van der Waals surface area contributed by atoms with Crippen LogP contribution in [0.5, 0.6) is 5.75 Å². The first kappa shape index (κ1) is 13.8. The summed E-state index contributed by atoms with van der Waals surface area (Å²) in [5, 5.41) is 1.05. The monoisotopic (exact) mass is 312 g/mol. The Hall–Kier alpha value is -0.610. The molecule has 0 spiro atoms. The third kappa shape index (κ3) is 3.45. The van der Waals surface area contributed by atoms with Crippen LogP contribution in [0.15, 0.2) is 12.1 Å². The molecular weight excluding hydrogens is 292 g/mol. The Bertz CT molecular complexity index is 397. The fourth-order valence-electron chi connectivity index (χ4n) is 2.55. The average Bonchev–Trinajstić information content (AvgIpc) is 2.38. The molecule has 0 bridgehead atoms. The van der Waals surface area contributed by atoms with Crippen LogP contribution in [0.1, 0.15) is 30.7 Å². The van der Waals surface area contributed by atoms with E-state index in [9.17, 15) is 0 Å². The molecule has 1 aromatic heterocycles. The van der Waals surface area contributed by atoms with E-state index in [2.05, 4.69) is 25.8 Å². The largest absolute Gasteiger partial charge is 0.497 e. The van der Waals surface area contributed by atoms with E-state index in [0.717, 1.165) is 29.0 Å². The molecule has 1 aromatic rings. The molecule has 0 N–H and O–H groups in total. The molecule has 2 rings (SSSR count). The molecule has 18 heavy (non-hydrogen) atoms. The summed E-state index contributed by atoms with van der Waals surface area (Å²) < 4.78 is 5.31. The number of likely N-dealkylation sites (tertiary alicyclic amines) is 1. The van der Waals surface area contributed by atoms with Gasteiger partial charge < -0.3 is 4.74 Å². The number of ether oxygens (including phenoxy) is 1. The van der Waals surface area contributed by atoms with Crippen LogP contribution >= 0.6 is 15.9 Å². The van der Waals surface area contributed by atoms with Gasteiger partial charge in [-0.05, 0) is 26.3 Å². The quantitative estimate of drug-likeness (QED) is 0.799. The van der Waals surface area contributed by atoms with Crippen molar-refractivity contribution in [2.24, 2.45) is 0 Å². The number of halogens is 1. The fraction of sp³-hybridized carbons (Fsp3) is 0.643. The highest BCUT2D eigenvalue weighted by Crippen LogP contribution is 2.22. The first-order chi connectivity index (χ1) is 8.72. The van der Waals surface area contributed by atoms with Crippen molar-refractivity contribution in [3.63, 3.8) is 0 Å². The van der Waals surface area contributed by atoms with Gasteiger partial charge in [-0.15, -0.1) is 0 Å². The van der Waals surface area contributed by atoms with Crippen LogP contribution in [-0.4, -0.2) is 34.9 Å². The first-order valence-electron chi connectivity index (χ1n) is 6.54. The third-order valence-electron chi connectivity index (χ3n) is 3.51. The molecule has 0 aliphatic carbocycles. The summed E-state index contributed by atoms with van der Waals surface area (Å²) in [7, 11) is 1.71. The molecule has 1 aliphatic heterocycles. The van der Waals surface area contributed by atoms with Crippen LogP contribution < -0.4 is 4.74 Å². The van der Waals surface area contributed by atoms with Gasteiger partial charge in [0.15, 0.2) is 0 Å². The van der Waals surface area contributed by atoms with E-state index in [4.69, 9.17) is 4.74 Å². The third-order valence-corrected chi connectivity index (χ3v) is 4.26. The number of aryl methyl sites for hydroxylation is 1. The molecule has 3 nitrogen and oxygen atoms in total. The van der Waals surface area contributed by atoms with Gasteiger partial charge in [0, 0.05) is 35.7 Å². The zero-order valence-electron chi connectivity index (χ0n) is 11.2. The molecular formula is C14H21BrN2O. The Morgan fingerprint density at radius 2 is 2.28 bits per heavy atom. The second-order valence-corrected chi connectivity index (χ2v) is 5.56. The molecule has 4 heteroatoms. The number of hydrogen-bond donors (Lipinski definition) is 0. The highest BCUT2D eigenvalue weighted by molar-refractivity contribution is 9.09. The van der Waals surface area contributed by atoms with Crippen LogP contribution in [0.2, 0.25) is 0 Å². The standard InChI is InChI=1S/C14H21BrN2O/c1-11-7-14(18-2)8-12(16-11)10-17-6-4-3-5-13(17)9-15/h7-8,13H,3-6,9-10H2,1-2H3. The van der Waals surface area contributed by atoms with E-state index in [0.29, 0.717) is 6.04 Å². The maximum absolute atomic E-state index is 5.31. The van der Waals surface area contributed by atoms with Crippen molar-refractivity contribution in [3.8, 4) is 5.75 Å². The van der Waals surface area contributed by atoms with Gasteiger partial charge in [0.25, 0.3) is 0 Å². The lowest BCUT2D eigenvalue weighted by Crippen LogP contribution is -2.40. The molecule has 0 aromatic carbocycles. The second-order valence-electron chi connectivity index (χ2n) is 4.91. The predicted molar refractivity (Wildman–Crippen MR) is 77.4 cm³/mol. The molecule has 1 aliphatic rings. The molecule has 100 valence electrons. The number of alkyl halides is 1. The highest BCUT2D eigenvalue weighted by atomic mass is 79.9. The van der Waals surface area contributed by atoms with Crippen molar-refractivity contribution in [1.29, 1.82) is 0 Å². The number of rotatable bonds is 4. The summed E-state index contributed by atoms with van der Waals surface area (Å²) in [6.07, 6.45) is 3.93. The van der Waals surface area contributed by atoms with E-state index < -0.39 is 0 Å². The molecule has 1 atom stereocenters. The molecule has 2 heterocycles. The number of piperidine rings is 1. The summed E-state index contributed by atoms with van der Waals surface area (Å²) >= 11 is 3.62. The maximum atomic E-state index is 5.31. The number of pyridine rings is 1. The van der Waals surface area contributed by atoms with Gasteiger partial charge in [-0.1, -0.05) is 22.4 Å². The SMILES string of the molecule is COc1cc(C)nc(CN2CCCCC2CBr)c1. The first-order valence-corrected chi connectivity index (χ1v) is 7.66. The fourth-order valence-corrected chi connectivity index (χ4v) is 3.29. The topological polar surface area (TPSA) is 25.4 Å². The molecule has 1 fully saturated rings. The van der Waals surface area contributed by atoms with Crippen molar-refractivity contribution in [1.82, 2.24) is 9.88 Å². The van der Waals surface area contributed by atoms with Gasteiger partial charge in [-0.25, -0.2) is 0 Å². The van der Waals surface area contributed by atoms with Crippen molar-refractivity contribution >= 4 is 15.9 Å². The number of methoxy groups -OCH3 is 1. The Kier molecular flexibility index (Phi) is 5.01. The minimum Gasteiger partial charge on any atom is -0.497 e. The van der Waals surface area contributed by atoms with E-state index in [1.54, 1.807) is 7.11 Å². The number of nitrogens with zero attached hydrogens (tertiary/aromatic N) is 2. The lowest BCUT2D eigenvalue weighted by Gasteiger charge is -2.34. The van der Waals surface area contributed by atoms with Gasteiger partial charge in [-0.3, -0.25) is 9.88 Å². The maximum Gasteiger partial charge on any atom is 0.122 e.